The average Bonchev–Trinajstić information content (AvgIpc) is 3.20. The number of likely N-dealkylation sites (N-methyl/N-ethyl adjacent to an activating group) is 1. The zero-order valence-electron chi connectivity index (χ0n) is 19.3. The van der Waals surface area contributed by atoms with Crippen LogP contribution in [0.3, 0.4) is 0 Å². The number of hydrogen-bond acceptors (Lipinski definition) is 8. The third-order valence-electron chi connectivity index (χ3n) is 5.31. The van der Waals surface area contributed by atoms with E-state index in [1.165, 1.54) is 24.1 Å². The van der Waals surface area contributed by atoms with E-state index < -0.39 is 34.4 Å². The second-order valence-electron chi connectivity index (χ2n) is 7.74. The Morgan fingerprint density at radius 3 is 2.41 bits per heavy atom. The molecular weight excluding hydrogens is 462 g/mol. The lowest BCUT2D eigenvalue weighted by molar-refractivity contribution is -0.134. The van der Waals surface area contributed by atoms with Crippen LogP contribution in [0, 0.1) is 0 Å². The van der Waals surface area contributed by atoms with Crippen LogP contribution in [-0.4, -0.2) is 76.2 Å². The zero-order chi connectivity index (χ0) is 24.6. The largest absolute Gasteiger partial charge is 0.490 e. The Morgan fingerprint density at radius 2 is 1.74 bits per heavy atom. The quantitative estimate of drug-likeness (QED) is 0.348. The molecule has 2 aromatic rings. The molecule has 0 aliphatic carbocycles. The maximum absolute atomic E-state index is 12.5. The van der Waals surface area contributed by atoms with Gasteiger partial charge >= 0.3 is 5.97 Å². The van der Waals surface area contributed by atoms with Crippen molar-refractivity contribution in [1.29, 1.82) is 0 Å². The molecule has 1 saturated heterocycles. The number of rotatable bonds is 11. The van der Waals surface area contributed by atoms with E-state index in [-0.39, 0.29) is 23.7 Å². The number of carbonyl (C=O) groups is 2. The van der Waals surface area contributed by atoms with Gasteiger partial charge in [0.15, 0.2) is 27.9 Å². The molecule has 0 spiro atoms. The lowest BCUT2D eigenvalue weighted by Crippen LogP contribution is -2.40. The Bertz CT molecular complexity index is 1090. The van der Waals surface area contributed by atoms with Gasteiger partial charge in [-0.15, -0.1) is 0 Å². The molecule has 1 amide bonds. The lowest BCUT2D eigenvalue weighted by Gasteiger charge is -2.23. The summed E-state index contributed by atoms with van der Waals surface area (Å²) in [5, 5.41) is 0. The van der Waals surface area contributed by atoms with E-state index in [0.717, 1.165) is 5.75 Å². The van der Waals surface area contributed by atoms with Gasteiger partial charge in [-0.25, -0.2) is 13.2 Å². The molecule has 0 bridgehead atoms. The molecule has 1 atom stereocenters. The lowest BCUT2D eigenvalue weighted by atomic mass is 10.2. The molecule has 10 heteroatoms. The molecule has 9 nitrogen and oxygen atoms in total. The summed E-state index contributed by atoms with van der Waals surface area (Å²) in [4.78, 5) is 26.2. The Balaban J connectivity index is 1.52. The Labute approximate surface area is 199 Å². The molecule has 1 aliphatic heterocycles. The van der Waals surface area contributed by atoms with Crippen LogP contribution in [0.25, 0.3) is 0 Å². The number of esters is 1. The summed E-state index contributed by atoms with van der Waals surface area (Å²) in [6, 6.07) is 13.6. The van der Waals surface area contributed by atoms with Gasteiger partial charge in [0.05, 0.1) is 23.7 Å². The molecule has 34 heavy (non-hydrogen) atoms. The van der Waals surface area contributed by atoms with E-state index in [4.69, 9.17) is 18.9 Å². The Hall–Kier alpha value is -3.27. The molecule has 1 unspecified atom stereocenters. The minimum absolute atomic E-state index is 0.0576. The van der Waals surface area contributed by atoms with Gasteiger partial charge in [0.25, 0.3) is 5.91 Å². The predicted octanol–water partition coefficient (Wildman–Crippen LogP) is 2.35. The number of hydrogen-bond donors (Lipinski definition) is 0. The van der Waals surface area contributed by atoms with Crippen molar-refractivity contribution in [2.75, 3.05) is 45.0 Å². The molecular formula is C24H29NO8S. The minimum Gasteiger partial charge on any atom is -0.490 e. The molecule has 0 saturated carbocycles. The molecule has 0 N–H and O–H groups in total. The van der Waals surface area contributed by atoms with Crippen molar-refractivity contribution in [2.45, 2.75) is 19.4 Å². The van der Waals surface area contributed by atoms with E-state index >= 15 is 0 Å². The molecule has 184 valence electrons. The second-order valence-corrected chi connectivity index (χ2v) is 9.97. The highest BCUT2D eigenvalue weighted by molar-refractivity contribution is 7.91. The summed E-state index contributed by atoms with van der Waals surface area (Å²) in [6.45, 7) is 2.30. The molecule has 0 radical (unpaired) electrons. The standard InChI is InChI=1S/C24H29NO8S/c1-3-30-22-15-18(9-10-21(22)32-13-12-31-20-7-5-4-6-8-20)24(27)33-16-23(26)25(2)19-11-14-34(28,29)17-19/h4-10,15,19H,3,11-14,16-17H2,1-2H3. The van der Waals surface area contributed by atoms with Crippen molar-refractivity contribution >= 4 is 21.7 Å². The monoisotopic (exact) mass is 491 g/mol. The third kappa shape index (κ3) is 7.11. The van der Waals surface area contributed by atoms with Crippen LogP contribution >= 0.6 is 0 Å². The molecule has 3 rings (SSSR count). The zero-order valence-corrected chi connectivity index (χ0v) is 20.1. The van der Waals surface area contributed by atoms with Gasteiger partial charge in [-0.2, -0.15) is 0 Å². The van der Waals surface area contributed by atoms with Crippen LogP contribution in [-0.2, 0) is 19.4 Å². The number of ether oxygens (including phenoxy) is 4. The summed E-state index contributed by atoms with van der Waals surface area (Å²) in [5.74, 6) is 0.397. The number of para-hydroxylation sites is 1. The first-order chi connectivity index (χ1) is 16.3. The van der Waals surface area contributed by atoms with Crippen molar-refractivity contribution < 1.29 is 37.0 Å². The van der Waals surface area contributed by atoms with Crippen LogP contribution in [0.15, 0.2) is 48.5 Å². The van der Waals surface area contributed by atoms with E-state index in [2.05, 4.69) is 0 Å². The topological polar surface area (TPSA) is 108 Å². The maximum atomic E-state index is 12.5. The van der Waals surface area contributed by atoms with Crippen molar-refractivity contribution in [3.8, 4) is 17.2 Å². The van der Waals surface area contributed by atoms with Crippen LogP contribution in [0.2, 0.25) is 0 Å². The van der Waals surface area contributed by atoms with Crippen molar-refractivity contribution in [1.82, 2.24) is 4.90 Å². The molecule has 0 aromatic heterocycles. The summed E-state index contributed by atoms with van der Waals surface area (Å²) in [7, 11) is -1.60. The van der Waals surface area contributed by atoms with Gasteiger partial charge in [0.2, 0.25) is 0 Å². The molecule has 2 aromatic carbocycles. The van der Waals surface area contributed by atoms with Crippen LogP contribution < -0.4 is 14.2 Å². The first-order valence-corrected chi connectivity index (χ1v) is 12.8. The number of benzene rings is 2. The minimum atomic E-state index is -3.12. The molecule has 1 aliphatic rings. The maximum Gasteiger partial charge on any atom is 0.338 e. The van der Waals surface area contributed by atoms with Crippen molar-refractivity contribution in [3.63, 3.8) is 0 Å². The Morgan fingerprint density at radius 1 is 1.00 bits per heavy atom. The summed E-state index contributed by atoms with van der Waals surface area (Å²) >= 11 is 0. The normalized spacial score (nSPS) is 16.5. The highest BCUT2D eigenvalue weighted by atomic mass is 32.2. The van der Waals surface area contributed by atoms with Gasteiger partial charge in [0, 0.05) is 13.1 Å². The fourth-order valence-corrected chi connectivity index (χ4v) is 5.22. The number of nitrogens with zero attached hydrogens (tertiary/aromatic N) is 1. The first-order valence-electron chi connectivity index (χ1n) is 11.0. The van der Waals surface area contributed by atoms with Crippen LogP contribution in [0.1, 0.15) is 23.7 Å². The van der Waals surface area contributed by atoms with Crippen LogP contribution in [0.4, 0.5) is 0 Å². The third-order valence-corrected chi connectivity index (χ3v) is 7.06. The van der Waals surface area contributed by atoms with Gasteiger partial charge in [-0.05, 0) is 43.7 Å². The fourth-order valence-electron chi connectivity index (χ4n) is 3.45. The van der Waals surface area contributed by atoms with Gasteiger partial charge in [-0.1, -0.05) is 18.2 Å². The summed E-state index contributed by atoms with van der Waals surface area (Å²) in [6.07, 6.45) is 0.383. The highest BCUT2D eigenvalue weighted by Crippen LogP contribution is 2.29. The molecule has 1 heterocycles. The van der Waals surface area contributed by atoms with E-state index in [1.807, 2.05) is 37.3 Å². The fraction of sp³-hybridized carbons (Fsp3) is 0.417. The summed E-state index contributed by atoms with van der Waals surface area (Å²) < 4.78 is 45.3. The van der Waals surface area contributed by atoms with E-state index in [1.54, 1.807) is 6.07 Å². The van der Waals surface area contributed by atoms with Crippen molar-refractivity contribution in [2.24, 2.45) is 0 Å². The smallest absolute Gasteiger partial charge is 0.338 e. The summed E-state index contributed by atoms with van der Waals surface area (Å²) in [5.41, 5.74) is 0.204. The first kappa shape index (κ1) is 25.4. The van der Waals surface area contributed by atoms with E-state index in [0.29, 0.717) is 31.1 Å². The second kappa shape index (κ2) is 11.7. The average molecular weight is 492 g/mol. The highest BCUT2D eigenvalue weighted by Gasteiger charge is 2.33. The van der Waals surface area contributed by atoms with Crippen molar-refractivity contribution in [3.05, 3.63) is 54.1 Å². The number of amides is 1. The predicted molar refractivity (Wildman–Crippen MR) is 125 cm³/mol. The number of sulfone groups is 1. The SMILES string of the molecule is CCOc1cc(C(=O)OCC(=O)N(C)C2CCS(=O)(=O)C2)ccc1OCCOc1ccccc1. The molecule has 1 fully saturated rings. The van der Waals surface area contributed by atoms with Gasteiger partial charge in [0.1, 0.15) is 19.0 Å². The van der Waals surface area contributed by atoms with E-state index in [9.17, 15) is 18.0 Å². The van der Waals surface area contributed by atoms with Gasteiger partial charge < -0.3 is 23.8 Å². The van der Waals surface area contributed by atoms with Gasteiger partial charge in [-0.3, -0.25) is 4.79 Å². The Kier molecular flexibility index (Phi) is 8.75. The number of carbonyl (C=O) groups excluding carboxylic acids is 2. The van der Waals surface area contributed by atoms with Crippen LogP contribution in [0.5, 0.6) is 17.2 Å².